The van der Waals surface area contributed by atoms with Crippen LogP contribution in [0.1, 0.15) is 35.9 Å². The van der Waals surface area contributed by atoms with Crippen LogP contribution in [0.4, 0.5) is 0 Å². The Morgan fingerprint density at radius 1 is 1.24 bits per heavy atom. The third-order valence-electron chi connectivity index (χ3n) is 3.43. The Morgan fingerprint density at radius 3 is 2.52 bits per heavy atom. The molecular weight excluding hydrogens is 264 g/mol. The number of hydrogen-bond donors (Lipinski definition) is 0. The monoisotopic (exact) mass is 284 g/mol. The molecule has 1 heterocycles. The van der Waals surface area contributed by atoms with Gasteiger partial charge in [-0.2, -0.15) is 0 Å². The maximum absolute atomic E-state index is 12.5. The first-order chi connectivity index (χ1) is 10.1. The smallest absolute Gasteiger partial charge is 0.254 e. The van der Waals surface area contributed by atoms with E-state index in [4.69, 9.17) is 4.74 Å². The summed E-state index contributed by atoms with van der Waals surface area (Å²) in [5, 5.41) is 0. The average molecular weight is 284 g/mol. The summed E-state index contributed by atoms with van der Waals surface area (Å²) in [4.78, 5) is 18.5. The van der Waals surface area contributed by atoms with Crippen molar-refractivity contribution in [3.63, 3.8) is 0 Å². The normalized spacial score (nSPS) is 11.8. The zero-order valence-electron chi connectivity index (χ0n) is 12.6. The third kappa shape index (κ3) is 3.60. The summed E-state index contributed by atoms with van der Waals surface area (Å²) in [7, 11) is 1.79. The van der Waals surface area contributed by atoms with Gasteiger partial charge in [-0.05, 0) is 50.2 Å². The predicted molar refractivity (Wildman–Crippen MR) is 82.4 cm³/mol. The molecule has 21 heavy (non-hydrogen) atoms. The molecule has 0 N–H and O–H groups in total. The standard InChI is InChI=1S/C17H20N2O2/c1-4-21-15-10-8-14(9-11-15)17(20)19(3)13(2)16-7-5-6-12-18-16/h5-13H,4H2,1-3H3/t13-/m0/s1. The minimum absolute atomic E-state index is 0.0313. The molecule has 0 unspecified atom stereocenters. The minimum atomic E-state index is -0.0785. The molecule has 4 heteroatoms. The van der Waals surface area contributed by atoms with Gasteiger partial charge < -0.3 is 9.64 Å². The molecule has 1 aromatic carbocycles. The van der Waals surface area contributed by atoms with Gasteiger partial charge in [-0.3, -0.25) is 9.78 Å². The number of benzene rings is 1. The largest absolute Gasteiger partial charge is 0.494 e. The molecule has 0 spiro atoms. The fourth-order valence-corrected chi connectivity index (χ4v) is 2.06. The van der Waals surface area contributed by atoms with Crippen LogP contribution in [-0.2, 0) is 0 Å². The van der Waals surface area contributed by atoms with Gasteiger partial charge in [-0.25, -0.2) is 0 Å². The molecule has 0 saturated carbocycles. The molecule has 0 bridgehead atoms. The van der Waals surface area contributed by atoms with Crippen molar-refractivity contribution in [2.75, 3.05) is 13.7 Å². The van der Waals surface area contributed by atoms with E-state index >= 15 is 0 Å². The fraction of sp³-hybridized carbons (Fsp3) is 0.294. The molecule has 2 aromatic rings. The summed E-state index contributed by atoms with van der Waals surface area (Å²) >= 11 is 0. The Balaban J connectivity index is 2.11. The van der Waals surface area contributed by atoms with Crippen LogP contribution in [0.2, 0.25) is 0 Å². The Kier molecular flexibility index (Phi) is 4.93. The van der Waals surface area contributed by atoms with Crippen molar-refractivity contribution < 1.29 is 9.53 Å². The predicted octanol–water partition coefficient (Wildman–Crippen LogP) is 3.31. The number of ether oxygens (including phenoxy) is 1. The van der Waals surface area contributed by atoms with Crippen molar-refractivity contribution in [1.82, 2.24) is 9.88 Å². The SMILES string of the molecule is CCOc1ccc(C(=O)N(C)[C@@H](C)c2ccccn2)cc1. The van der Waals surface area contributed by atoms with Crippen LogP contribution in [0.15, 0.2) is 48.7 Å². The topological polar surface area (TPSA) is 42.4 Å². The molecule has 0 aliphatic rings. The van der Waals surface area contributed by atoms with Gasteiger partial charge >= 0.3 is 0 Å². The lowest BCUT2D eigenvalue weighted by Crippen LogP contribution is -2.30. The maximum Gasteiger partial charge on any atom is 0.254 e. The van der Waals surface area contributed by atoms with Crippen molar-refractivity contribution in [2.24, 2.45) is 0 Å². The molecule has 1 aromatic heterocycles. The number of hydrogen-bond acceptors (Lipinski definition) is 3. The highest BCUT2D eigenvalue weighted by atomic mass is 16.5. The lowest BCUT2D eigenvalue weighted by molar-refractivity contribution is 0.0740. The highest BCUT2D eigenvalue weighted by Crippen LogP contribution is 2.20. The number of carbonyl (C=O) groups excluding carboxylic acids is 1. The summed E-state index contributed by atoms with van der Waals surface area (Å²) in [5.41, 5.74) is 1.52. The quantitative estimate of drug-likeness (QED) is 0.846. The van der Waals surface area contributed by atoms with Gasteiger partial charge in [0.1, 0.15) is 5.75 Å². The molecule has 0 aliphatic heterocycles. The molecule has 0 saturated heterocycles. The lowest BCUT2D eigenvalue weighted by atomic mass is 10.1. The van der Waals surface area contributed by atoms with Gasteiger partial charge in [0.05, 0.1) is 18.3 Å². The van der Waals surface area contributed by atoms with E-state index in [0.29, 0.717) is 12.2 Å². The van der Waals surface area contributed by atoms with Crippen LogP contribution < -0.4 is 4.74 Å². The second-order valence-corrected chi connectivity index (χ2v) is 4.80. The van der Waals surface area contributed by atoms with Crippen LogP contribution in [-0.4, -0.2) is 29.4 Å². The van der Waals surface area contributed by atoms with Crippen molar-refractivity contribution in [2.45, 2.75) is 19.9 Å². The first-order valence-corrected chi connectivity index (χ1v) is 7.04. The van der Waals surface area contributed by atoms with Gasteiger partial charge in [0, 0.05) is 18.8 Å². The fourth-order valence-electron chi connectivity index (χ4n) is 2.06. The van der Waals surface area contributed by atoms with Crippen LogP contribution in [0.5, 0.6) is 5.75 Å². The highest BCUT2D eigenvalue weighted by molar-refractivity contribution is 5.94. The number of carbonyl (C=O) groups is 1. The van der Waals surface area contributed by atoms with Gasteiger partial charge in [-0.1, -0.05) is 6.07 Å². The summed E-state index contributed by atoms with van der Waals surface area (Å²) in [5.74, 6) is 0.741. The molecule has 0 fully saturated rings. The first-order valence-electron chi connectivity index (χ1n) is 7.04. The third-order valence-corrected chi connectivity index (χ3v) is 3.43. The summed E-state index contributed by atoms with van der Waals surface area (Å²) in [6.07, 6.45) is 1.74. The van der Waals surface area contributed by atoms with E-state index in [1.807, 2.05) is 44.2 Å². The van der Waals surface area contributed by atoms with Crippen molar-refractivity contribution in [1.29, 1.82) is 0 Å². The molecule has 1 atom stereocenters. The van der Waals surface area contributed by atoms with E-state index in [-0.39, 0.29) is 11.9 Å². The van der Waals surface area contributed by atoms with E-state index in [0.717, 1.165) is 11.4 Å². The zero-order chi connectivity index (χ0) is 15.2. The Bertz CT molecular complexity index is 581. The summed E-state index contributed by atoms with van der Waals surface area (Å²) in [6.45, 7) is 4.51. The van der Waals surface area contributed by atoms with Crippen LogP contribution in [0, 0.1) is 0 Å². The average Bonchev–Trinajstić information content (AvgIpc) is 2.54. The van der Waals surface area contributed by atoms with Crippen LogP contribution >= 0.6 is 0 Å². The second-order valence-electron chi connectivity index (χ2n) is 4.80. The molecule has 1 amide bonds. The molecule has 4 nitrogen and oxygen atoms in total. The number of pyridine rings is 1. The van der Waals surface area contributed by atoms with E-state index < -0.39 is 0 Å². The van der Waals surface area contributed by atoms with Crippen molar-refractivity contribution in [3.8, 4) is 5.75 Å². The van der Waals surface area contributed by atoms with Crippen molar-refractivity contribution >= 4 is 5.91 Å². The molecule has 0 aliphatic carbocycles. The van der Waals surface area contributed by atoms with Gasteiger partial charge in [0.25, 0.3) is 5.91 Å². The maximum atomic E-state index is 12.5. The Hall–Kier alpha value is -2.36. The van der Waals surface area contributed by atoms with E-state index in [9.17, 15) is 4.79 Å². The molecule has 0 radical (unpaired) electrons. The van der Waals surface area contributed by atoms with Gasteiger partial charge in [0.15, 0.2) is 0 Å². The van der Waals surface area contributed by atoms with Crippen LogP contribution in [0.3, 0.4) is 0 Å². The van der Waals surface area contributed by atoms with Gasteiger partial charge in [0.2, 0.25) is 0 Å². The molecular formula is C17H20N2O2. The van der Waals surface area contributed by atoms with E-state index in [1.165, 1.54) is 0 Å². The van der Waals surface area contributed by atoms with E-state index in [2.05, 4.69) is 4.98 Å². The van der Waals surface area contributed by atoms with Crippen LogP contribution in [0.25, 0.3) is 0 Å². The zero-order valence-corrected chi connectivity index (χ0v) is 12.6. The summed E-state index contributed by atoms with van der Waals surface area (Å²) < 4.78 is 5.38. The van der Waals surface area contributed by atoms with Gasteiger partial charge in [-0.15, -0.1) is 0 Å². The molecule has 110 valence electrons. The number of nitrogens with zero attached hydrogens (tertiary/aromatic N) is 2. The first kappa shape index (κ1) is 15.0. The Morgan fingerprint density at radius 2 is 1.95 bits per heavy atom. The highest BCUT2D eigenvalue weighted by Gasteiger charge is 2.19. The lowest BCUT2D eigenvalue weighted by Gasteiger charge is -2.24. The van der Waals surface area contributed by atoms with Crippen molar-refractivity contribution in [3.05, 3.63) is 59.9 Å². The number of amides is 1. The second kappa shape index (κ2) is 6.88. The summed E-state index contributed by atoms with van der Waals surface area (Å²) in [6, 6.07) is 12.8. The minimum Gasteiger partial charge on any atom is -0.494 e. The number of aromatic nitrogens is 1. The molecule has 2 rings (SSSR count). The Labute approximate surface area is 125 Å². The van der Waals surface area contributed by atoms with E-state index in [1.54, 1.807) is 30.3 Å². The number of rotatable bonds is 5.